The second-order valence-electron chi connectivity index (χ2n) is 4.98. The van der Waals surface area contributed by atoms with Crippen molar-refractivity contribution in [2.75, 3.05) is 6.54 Å². The zero-order chi connectivity index (χ0) is 10.5. The maximum absolute atomic E-state index is 5.76. The van der Waals surface area contributed by atoms with Gasteiger partial charge in [0.2, 0.25) is 0 Å². The van der Waals surface area contributed by atoms with Crippen LogP contribution in [0.5, 0.6) is 0 Å². The minimum Gasteiger partial charge on any atom is -0.330 e. The lowest BCUT2D eigenvalue weighted by molar-refractivity contribution is 0.553. The monoisotopic (exact) mass is 193 g/mol. The van der Waals surface area contributed by atoms with Crippen molar-refractivity contribution >= 4 is 0 Å². The van der Waals surface area contributed by atoms with Gasteiger partial charge in [-0.1, -0.05) is 13.8 Å². The van der Waals surface area contributed by atoms with Crippen LogP contribution < -0.4 is 5.73 Å². The van der Waals surface area contributed by atoms with Crippen molar-refractivity contribution < 1.29 is 0 Å². The molecule has 0 bridgehead atoms. The van der Waals surface area contributed by atoms with Crippen LogP contribution in [0.1, 0.15) is 31.2 Å². The molecular weight excluding hydrogens is 174 g/mol. The molecule has 0 saturated heterocycles. The van der Waals surface area contributed by atoms with Gasteiger partial charge in [0.25, 0.3) is 0 Å². The zero-order valence-corrected chi connectivity index (χ0v) is 9.41. The van der Waals surface area contributed by atoms with Crippen LogP contribution in [0.4, 0.5) is 0 Å². The molecule has 0 amide bonds. The highest BCUT2D eigenvalue weighted by atomic mass is 15.3. The molecule has 0 unspecified atom stereocenters. The molecule has 2 atom stereocenters. The summed E-state index contributed by atoms with van der Waals surface area (Å²) in [4.78, 5) is 0. The molecular formula is C11H19N3. The van der Waals surface area contributed by atoms with Crippen LogP contribution in [0, 0.1) is 18.3 Å². The Morgan fingerprint density at radius 3 is 2.57 bits per heavy atom. The van der Waals surface area contributed by atoms with Crippen molar-refractivity contribution in [2.45, 2.75) is 26.7 Å². The lowest BCUT2D eigenvalue weighted by Crippen LogP contribution is -2.05. The fraction of sp³-hybridized carbons (Fsp3) is 0.727. The van der Waals surface area contributed by atoms with Gasteiger partial charge in [-0.3, -0.25) is 4.68 Å². The molecule has 0 spiro atoms. The smallest absolute Gasteiger partial charge is 0.0596 e. The van der Waals surface area contributed by atoms with Crippen LogP contribution in [0.25, 0.3) is 0 Å². The lowest BCUT2D eigenvalue weighted by atomic mass is 10.1. The zero-order valence-electron chi connectivity index (χ0n) is 9.41. The van der Waals surface area contributed by atoms with E-state index in [1.54, 1.807) is 0 Å². The third-order valence-electron chi connectivity index (χ3n) is 3.66. The molecule has 0 aromatic carbocycles. The Morgan fingerprint density at radius 2 is 2.21 bits per heavy atom. The van der Waals surface area contributed by atoms with E-state index in [1.807, 2.05) is 18.7 Å². The highest BCUT2D eigenvalue weighted by Crippen LogP contribution is 2.63. The number of rotatable bonds is 2. The molecule has 1 heterocycles. The Balaban J connectivity index is 2.30. The molecule has 14 heavy (non-hydrogen) atoms. The summed E-state index contributed by atoms with van der Waals surface area (Å²) in [6.07, 6.45) is 0. The molecule has 1 aromatic heterocycles. The number of nitrogens with zero attached hydrogens (tertiary/aromatic N) is 2. The van der Waals surface area contributed by atoms with Crippen LogP contribution in [-0.4, -0.2) is 16.3 Å². The van der Waals surface area contributed by atoms with Crippen LogP contribution in [0.3, 0.4) is 0 Å². The first-order chi connectivity index (χ1) is 6.48. The van der Waals surface area contributed by atoms with Crippen molar-refractivity contribution in [3.63, 3.8) is 0 Å². The minimum absolute atomic E-state index is 0.356. The average Bonchev–Trinajstić information content (AvgIpc) is 2.46. The van der Waals surface area contributed by atoms with Gasteiger partial charge in [0.1, 0.15) is 0 Å². The van der Waals surface area contributed by atoms with E-state index in [0.717, 1.165) is 12.2 Å². The van der Waals surface area contributed by atoms with Gasteiger partial charge in [-0.2, -0.15) is 5.10 Å². The Morgan fingerprint density at radius 1 is 1.57 bits per heavy atom. The normalized spacial score (nSPS) is 29.2. The van der Waals surface area contributed by atoms with Gasteiger partial charge in [-0.05, 0) is 30.9 Å². The first kappa shape index (κ1) is 9.71. The Labute approximate surface area is 85.3 Å². The Kier molecular flexibility index (Phi) is 1.96. The number of hydrogen-bond donors (Lipinski definition) is 1. The summed E-state index contributed by atoms with van der Waals surface area (Å²) in [5.41, 5.74) is 8.55. The fourth-order valence-corrected chi connectivity index (χ4v) is 2.69. The molecule has 0 radical (unpaired) electrons. The van der Waals surface area contributed by atoms with Crippen molar-refractivity contribution in [3.8, 4) is 0 Å². The maximum atomic E-state index is 5.76. The van der Waals surface area contributed by atoms with Crippen LogP contribution >= 0.6 is 0 Å². The molecule has 1 aromatic rings. The van der Waals surface area contributed by atoms with Gasteiger partial charge in [0.15, 0.2) is 0 Å². The van der Waals surface area contributed by atoms with Gasteiger partial charge in [-0.15, -0.1) is 0 Å². The standard InChI is InChI=1S/C11H19N3/c1-7-5-9(14(4)13-7)10-8(6-12)11(10,2)3/h5,8,10H,6,12H2,1-4H3/t8-,10+/m0/s1. The molecule has 0 aliphatic heterocycles. The van der Waals surface area contributed by atoms with Crippen LogP contribution in [0.15, 0.2) is 6.07 Å². The molecule has 2 rings (SSSR count). The number of nitrogens with two attached hydrogens (primary N) is 1. The molecule has 1 fully saturated rings. The second-order valence-corrected chi connectivity index (χ2v) is 4.98. The molecule has 3 nitrogen and oxygen atoms in total. The third kappa shape index (κ3) is 1.19. The SMILES string of the molecule is Cc1cc([C@H]2[C@H](CN)C2(C)C)n(C)n1. The van der Waals surface area contributed by atoms with E-state index in [9.17, 15) is 0 Å². The highest BCUT2D eigenvalue weighted by molar-refractivity contribution is 5.28. The molecule has 3 heteroatoms. The first-order valence-electron chi connectivity index (χ1n) is 5.19. The average molecular weight is 193 g/mol. The van der Waals surface area contributed by atoms with Gasteiger partial charge >= 0.3 is 0 Å². The van der Waals surface area contributed by atoms with E-state index in [4.69, 9.17) is 5.73 Å². The van der Waals surface area contributed by atoms with Crippen molar-refractivity contribution in [3.05, 3.63) is 17.5 Å². The number of aryl methyl sites for hydroxylation is 2. The summed E-state index contributed by atoms with van der Waals surface area (Å²) in [6, 6.07) is 2.18. The van der Waals surface area contributed by atoms with Crippen molar-refractivity contribution in [2.24, 2.45) is 24.1 Å². The summed E-state index contributed by atoms with van der Waals surface area (Å²) in [6.45, 7) is 7.40. The lowest BCUT2D eigenvalue weighted by Gasteiger charge is -2.02. The van der Waals surface area contributed by atoms with Crippen LogP contribution in [-0.2, 0) is 7.05 Å². The van der Waals surface area contributed by atoms with Gasteiger partial charge in [0.05, 0.1) is 5.69 Å². The van der Waals surface area contributed by atoms with E-state index < -0.39 is 0 Å². The number of aromatic nitrogens is 2. The molecule has 1 saturated carbocycles. The predicted octanol–water partition coefficient (Wildman–Crippen LogP) is 1.43. The molecule has 1 aliphatic rings. The van der Waals surface area contributed by atoms with E-state index in [0.29, 0.717) is 17.3 Å². The minimum atomic E-state index is 0.356. The second kappa shape index (κ2) is 2.83. The third-order valence-corrected chi connectivity index (χ3v) is 3.66. The van der Waals surface area contributed by atoms with E-state index in [-0.39, 0.29) is 0 Å². The summed E-state index contributed by atoms with van der Waals surface area (Å²) in [5.74, 6) is 1.22. The van der Waals surface area contributed by atoms with Gasteiger partial charge in [-0.25, -0.2) is 0 Å². The topological polar surface area (TPSA) is 43.8 Å². The summed E-state index contributed by atoms with van der Waals surface area (Å²) < 4.78 is 2.00. The van der Waals surface area contributed by atoms with E-state index in [2.05, 4.69) is 25.0 Å². The molecule has 2 N–H and O–H groups in total. The van der Waals surface area contributed by atoms with E-state index in [1.165, 1.54) is 5.69 Å². The first-order valence-corrected chi connectivity index (χ1v) is 5.19. The van der Waals surface area contributed by atoms with E-state index >= 15 is 0 Å². The molecule has 1 aliphatic carbocycles. The Hall–Kier alpha value is -0.830. The Bertz CT molecular complexity index is 351. The summed E-state index contributed by atoms with van der Waals surface area (Å²) in [5, 5.41) is 4.38. The van der Waals surface area contributed by atoms with Gasteiger partial charge < -0.3 is 5.73 Å². The summed E-state index contributed by atoms with van der Waals surface area (Å²) in [7, 11) is 2.02. The van der Waals surface area contributed by atoms with Crippen molar-refractivity contribution in [1.82, 2.24) is 9.78 Å². The van der Waals surface area contributed by atoms with Gasteiger partial charge in [0, 0.05) is 18.7 Å². The highest BCUT2D eigenvalue weighted by Gasteiger charge is 2.58. The van der Waals surface area contributed by atoms with Crippen molar-refractivity contribution in [1.29, 1.82) is 0 Å². The number of hydrogen-bond acceptors (Lipinski definition) is 2. The molecule has 78 valence electrons. The predicted molar refractivity (Wildman–Crippen MR) is 57.0 cm³/mol. The summed E-state index contributed by atoms with van der Waals surface area (Å²) >= 11 is 0. The quantitative estimate of drug-likeness (QED) is 0.772. The maximum Gasteiger partial charge on any atom is 0.0596 e. The largest absolute Gasteiger partial charge is 0.330 e. The fourth-order valence-electron chi connectivity index (χ4n) is 2.69. The van der Waals surface area contributed by atoms with Crippen LogP contribution in [0.2, 0.25) is 0 Å².